The van der Waals surface area contributed by atoms with Gasteiger partial charge in [-0.2, -0.15) is 0 Å². The van der Waals surface area contributed by atoms with Gasteiger partial charge in [-0.1, -0.05) is 23.2 Å². The van der Waals surface area contributed by atoms with Crippen LogP contribution in [0.15, 0.2) is 41.3 Å². The van der Waals surface area contributed by atoms with Gasteiger partial charge in [-0.3, -0.25) is 0 Å². The maximum absolute atomic E-state index is 12.9. The van der Waals surface area contributed by atoms with Crippen molar-refractivity contribution in [3.05, 3.63) is 58.2 Å². The van der Waals surface area contributed by atoms with Crippen molar-refractivity contribution >= 4 is 44.1 Å². The first kappa shape index (κ1) is 16.2. The molecule has 1 heterocycles. The number of aromatic nitrogens is 1. The third-order valence-corrected chi connectivity index (χ3v) is 5.83. The molecule has 0 fully saturated rings. The van der Waals surface area contributed by atoms with E-state index < -0.39 is 10.0 Å². The van der Waals surface area contributed by atoms with Gasteiger partial charge in [-0.15, -0.1) is 0 Å². The van der Waals surface area contributed by atoms with Gasteiger partial charge in [0.2, 0.25) is 0 Å². The maximum Gasteiger partial charge on any atom is 0.268 e. The number of ether oxygens (including phenoxy) is 1. The Bertz CT molecular complexity index is 992. The summed E-state index contributed by atoms with van der Waals surface area (Å²) in [6, 6.07) is 12.3. The van der Waals surface area contributed by atoms with Gasteiger partial charge in [0.15, 0.2) is 0 Å². The van der Waals surface area contributed by atoms with Gasteiger partial charge in [0.25, 0.3) is 10.0 Å². The number of nitrogens with zero attached hydrogens (tertiary/aromatic N) is 1. The molecule has 2 aromatic carbocycles. The first-order chi connectivity index (χ1) is 10.8. The Balaban J connectivity index is 2.29. The summed E-state index contributed by atoms with van der Waals surface area (Å²) in [4.78, 5) is 0.142. The number of hydrogen-bond acceptors (Lipinski definition) is 3. The van der Waals surface area contributed by atoms with Crippen LogP contribution >= 0.6 is 23.2 Å². The molecule has 4 nitrogen and oxygen atoms in total. The molecule has 23 heavy (non-hydrogen) atoms. The molecule has 0 aliphatic heterocycles. The average molecular weight is 369 g/mol. The fourth-order valence-electron chi connectivity index (χ4n) is 2.42. The van der Waals surface area contributed by atoms with Crippen molar-refractivity contribution in [2.75, 3.05) is 7.11 Å². The molecule has 0 atom stereocenters. The van der Waals surface area contributed by atoms with Crippen LogP contribution < -0.4 is 4.74 Å². The van der Waals surface area contributed by atoms with Gasteiger partial charge in [-0.05, 0) is 43.3 Å². The molecule has 0 amide bonds. The number of methoxy groups -OCH3 is 1. The molecule has 0 N–H and O–H groups in total. The average Bonchev–Trinajstić information content (AvgIpc) is 2.82. The zero-order valence-electron chi connectivity index (χ0n) is 12.3. The van der Waals surface area contributed by atoms with Crippen molar-refractivity contribution < 1.29 is 13.2 Å². The standard InChI is InChI=1S/C16H12Cl2NO3S/c1-10-7-11-8-16(22-2)14(18)9-15(11)19(10)23(20,21)13-5-3-12(17)4-6-13/h3-6,8-9H,1-2H3. The largest absolute Gasteiger partial charge is 0.495 e. The molecule has 1 radical (unpaired) electrons. The van der Waals surface area contributed by atoms with E-state index >= 15 is 0 Å². The van der Waals surface area contributed by atoms with E-state index in [4.69, 9.17) is 27.9 Å². The fraction of sp³-hybridized carbons (Fsp3) is 0.125. The van der Waals surface area contributed by atoms with E-state index in [0.29, 0.717) is 32.4 Å². The minimum Gasteiger partial charge on any atom is -0.495 e. The zero-order chi connectivity index (χ0) is 16.8. The van der Waals surface area contributed by atoms with Crippen LogP contribution in [0, 0.1) is 13.0 Å². The Hall–Kier alpha value is -1.69. The van der Waals surface area contributed by atoms with Crippen molar-refractivity contribution in [3.63, 3.8) is 0 Å². The Kier molecular flexibility index (Phi) is 4.04. The quantitative estimate of drug-likeness (QED) is 0.692. The number of fused-ring (bicyclic) bond motifs is 1. The van der Waals surface area contributed by atoms with Gasteiger partial charge < -0.3 is 4.74 Å². The second kappa shape index (κ2) is 5.74. The van der Waals surface area contributed by atoms with Crippen LogP contribution in [0.5, 0.6) is 5.75 Å². The van der Waals surface area contributed by atoms with E-state index in [2.05, 4.69) is 6.07 Å². The lowest BCUT2D eigenvalue weighted by Gasteiger charge is -2.11. The third-order valence-electron chi connectivity index (χ3n) is 3.46. The summed E-state index contributed by atoms with van der Waals surface area (Å²) in [6.45, 7) is 1.67. The van der Waals surface area contributed by atoms with Crippen molar-refractivity contribution in [2.24, 2.45) is 0 Å². The molecular weight excluding hydrogens is 357 g/mol. The fourth-order valence-corrected chi connectivity index (χ4v) is 4.28. The summed E-state index contributed by atoms with van der Waals surface area (Å²) in [6.07, 6.45) is 0. The predicted molar refractivity (Wildman–Crippen MR) is 91.1 cm³/mol. The maximum atomic E-state index is 12.9. The van der Waals surface area contributed by atoms with Crippen LogP contribution in [0.4, 0.5) is 0 Å². The van der Waals surface area contributed by atoms with Crippen molar-refractivity contribution in [3.8, 4) is 5.75 Å². The van der Waals surface area contributed by atoms with Crippen LogP contribution in [0.1, 0.15) is 5.69 Å². The lowest BCUT2D eigenvalue weighted by atomic mass is 10.2. The molecule has 0 saturated heterocycles. The van der Waals surface area contributed by atoms with Crippen LogP contribution in [-0.2, 0) is 10.0 Å². The van der Waals surface area contributed by atoms with E-state index in [-0.39, 0.29) is 4.90 Å². The third kappa shape index (κ3) is 2.69. The minimum atomic E-state index is -3.78. The Morgan fingerprint density at radius 2 is 1.78 bits per heavy atom. The Morgan fingerprint density at radius 3 is 2.39 bits per heavy atom. The predicted octanol–water partition coefficient (Wildman–Crippen LogP) is 4.30. The van der Waals surface area contributed by atoms with E-state index in [1.54, 1.807) is 19.1 Å². The first-order valence-electron chi connectivity index (χ1n) is 6.63. The number of hydrogen-bond donors (Lipinski definition) is 0. The Labute approximate surface area is 144 Å². The van der Waals surface area contributed by atoms with E-state index in [1.165, 1.54) is 35.3 Å². The molecule has 0 saturated carbocycles. The highest BCUT2D eigenvalue weighted by Gasteiger charge is 2.22. The molecule has 119 valence electrons. The molecule has 1 aromatic heterocycles. The zero-order valence-corrected chi connectivity index (χ0v) is 14.6. The van der Waals surface area contributed by atoms with Gasteiger partial charge in [0, 0.05) is 22.2 Å². The normalized spacial score (nSPS) is 11.8. The summed E-state index contributed by atoms with van der Waals surface area (Å²) in [5.74, 6) is 0.469. The van der Waals surface area contributed by atoms with E-state index in [0.717, 1.165) is 0 Å². The number of aryl methyl sites for hydroxylation is 1. The van der Waals surface area contributed by atoms with Gasteiger partial charge in [-0.25, -0.2) is 12.4 Å². The number of rotatable bonds is 3. The van der Waals surface area contributed by atoms with Crippen molar-refractivity contribution in [1.82, 2.24) is 3.97 Å². The smallest absolute Gasteiger partial charge is 0.268 e. The van der Waals surface area contributed by atoms with Crippen molar-refractivity contribution in [2.45, 2.75) is 11.8 Å². The van der Waals surface area contributed by atoms with Crippen molar-refractivity contribution in [1.29, 1.82) is 0 Å². The van der Waals surface area contributed by atoms with E-state index in [9.17, 15) is 8.42 Å². The molecule has 0 unspecified atom stereocenters. The van der Waals surface area contributed by atoms with Gasteiger partial charge >= 0.3 is 0 Å². The summed E-state index contributed by atoms with van der Waals surface area (Å²) >= 11 is 12.0. The number of benzene rings is 2. The van der Waals surface area contributed by atoms with Crippen LogP contribution in [0.2, 0.25) is 10.0 Å². The van der Waals surface area contributed by atoms with Gasteiger partial charge in [0.05, 0.1) is 22.5 Å². The second-order valence-electron chi connectivity index (χ2n) is 4.94. The molecule has 7 heteroatoms. The SMILES string of the molecule is COc1cc2[c]c(C)n(S(=O)(=O)c3ccc(Cl)cc3)c2cc1Cl. The van der Waals surface area contributed by atoms with E-state index in [1.807, 2.05) is 0 Å². The summed E-state index contributed by atoms with van der Waals surface area (Å²) in [7, 11) is -2.28. The Morgan fingerprint density at radius 1 is 1.13 bits per heavy atom. The summed E-state index contributed by atoms with van der Waals surface area (Å²) < 4.78 is 32.2. The van der Waals surface area contributed by atoms with Crippen LogP contribution in [0.25, 0.3) is 10.9 Å². The summed E-state index contributed by atoms with van der Waals surface area (Å²) in [5, 5.41) is 1.41. The lowest BCUT2D eigenvalue weighted by Crippen LogP contribution is -2.14. The highest BCUT2D eigenvalue weighted by atomic mass is 35.5. The highest BCUT2D eigenvalue weighted by molar-refractivity contribution is 7.90. The van der Waals surface area contributed by atoms with Crippen LogP contribution in [-0.4, -0.2) is 19.5 Å². The minimum absolute atomic E-state index is 0.142. The number of halogens is 2. The molecule has 3 rings (SSSR count). The second-order valence-corrected chi connectivity index (χ2v) is 7.57. The molecule has 3 aromatic rings. The lowest BCUT2D eigenvalue weighted by molar-refractivity contribution is 0.415. The molecule has 0 bridgehead atoms. The molecule has 0 aliphatic rings. The topological polar surface area (TPSA) is 48.3 Å². The van der Waals surface area contributed by atoms with Crippen LogP contribution in [0.3, 0.4) is 0 Å². The summed E-state index contributed by atoms with van der Waals surface area (Å²) in [5.41, 5.74) is 0.905. The molecule has 0 aliphatic carbocycles. The monoisotopic (exact) mass is 368 g/mol. The molecular formula is C16H12Cl2NO3S. The first-order valence-corrected chi connectivity index (χ1v) is 8.83. The van der Waals surface area contributed by atoms with Gasteiger partial charge in [0.1, 0.15) is 5.75 Å². The molecule has 0 spiro atoms. The highest BCUT2D eigenvalue weighted by Crippen LogP contribution is 2.33.